The van der Waals surface area contributed by atoms with Gasteiger partial charge in [0.05, 0.1) is 5.56 Å². The second-order valence-corrected chi connectivity index (χ2v) is 4.64. The summed E-state index contributed by atoms with van der Waals surface area (Å²) >= 11 is 2.89. The van der Waals surface area contributed by atoms with Crippen LogP contribution in [0.25, 0.3) is 11.3 Å². The summed E-state index contributed by atoms with van der Waals surface area (Å²) in [6, 6.07) is 2.80. The summed E-state index contributed by atoms with van der Waals surface area (Å²) in [6.45, 7) is 0. The molecule has 0 aliphatic carbocycles. The van der Waals surface area contributed by atoms with Crippen LogP contribution in [-0.4, -0.2) is 21.3 Å². The molecule has 2 aromatic rings. The number of aromatic hydroxyl groups is 1. The third-order valence-electron chi connectivity index (χ3n) is 2.38. The summed E-state index contributed by atoms with van der Waals surface area (Å²) < 4.78 is 42.7. The molecule has 1 heterocycles. The number of nitrogens with zero attached hydrogens (tertiary/aromatic N) is 1. The van der Waals surface area contributed by atoms with E-state index in [2.05, 4.69) is 25.6 Å². The number of alkyl halides is 3. The van der Waals surface area contributed by atoms with E-state index in [4.69, 9.17) is 5.11 Å². The number of benzene rings is 1. The topological polar surface area (TPSA) is 83.6 Å². The van der Waals surface area contributed by atoms with Crippen LogP contribution in [0.5, 0.6) is 5.75 Å². The first kappa shape index (κ1) is 14.4. The van der Waals surface area contributed by atoms with Gasteiger partial charge in [-0.05, 0) is 12.1 Å². The minimum absolute atomic E-state index is 0.0532. The van der Waals surface area contributed by atoms with Crippen LogP contribution >= 0.6 is 15.9 Å². The fraction of sp³-hybridized carbons (Fsp3) is 0.0909. The van der Waals surface area contributed by atoms with Crippen molar-refractivity contribution in [2.24, 2.45) is 0 Å². The standard InChI is InChI=1S/C11H5BrF3NO4/c12-4-1-5(7-3-8(10(18)19)20-16-7)9(17)6(2-4)11(13,14)15/h1-3,17H,(H,18,19). The molecule has 0 aliphatic rings. The lowest BCUT2D eigenvalue weighted by Crippen LogP contribution is -2.06. The van der Waals surface area contributed by atoms with E-state index < -0.39 is 29.2 Å². The lowest BCUT2D eigenvalue weighted by atomic mass is 10.1. The first-order valence-corrected chi connectivity index (χ1v) is 5.79. The molecule has 0 amide bonds. The van der Waals surface area contributed by atoms with E-state index in [0.717, 1.165) is 6.07 Å². The number of aromatic nitrogens is 1. The molecule has 0 atom stereocenters. The third kappa shape index (κ3) is 2.62. The van der Waals surface area contributed by atoms with Crippen molar-refractivity contribution >= 4 is 21.9 Å². The van der Waals surface area contributed by atoms with Gasteiger partial charge in [0.15, 0.2) is 0 Å². The lowest BCUT2D eigenvalue weighted by molar-refractivity contribution is -0.138. The van der Waals surface area contributed by atoms with Crippen molar-refractivity contribution in [2.45, 2.75) is 6.18 Å². The fourth-order valence-corrected chi connectivity index (χ4v) is 1.97. The van der Waals surface area contributed by atoms with Crippen LogP contribution in [0.15, 0.2) is 27.2 Å². The molecular formula is C11H5BrF3NO4. The highest BCUT2D eigenvalue weighted by Crippen LogP contribution is 2.42. The molecule has 0 bridgehead atoms. The number of phenols is 1. The van der Waals surface area contributed by atoms with E-state index in [0.29, 0.717) is 6.07 Å². The summed E-state index contributed by atoms with van der Waals surface area (Å²) in [7, 11) is 0. The highest BCUT2D eigenvalue weighted by Gasteiger charge is 2.36. The molecular weight excluding hydrogens is 347 g/mol. The summed E-state index contributed by atoms with van der Waals surface area (Å²) in [5.41, 5.74) is -1.77. The normalized spacial score (nSPS) is 11.6. The van der Waals surface area contributed by atoms with Crippen LogP contribution in [0.4, 0.5) is 13.2 Å². The number of hydrogen-bond acceptors (Lipinski definition) is 4. The molecule has 0 saturated carbocycles. The molecule has 1 aromatic carbocycles. The molecule has 2 rings (SSSR count). The maximum atomic E-state index is 12.7. The Bertz CT molecular complexity index is 681. The summed E-state index contributed by atoms with van der Waals surface area (Å²) in [5, 5.41) is 21.7. The highest BCUT2D eigenvalue weighted by molar-refractivity contribution is 9.10. The van der Waals surface area contributed by atoms with Crippen molar-refractivity contribution < 1.29 is 32.7 Å². The van der Waals surface area contributed by atoms with Crippen molar-refractivity contribution in [3.8, 4) is 17.0 Å². The molecule has 106 valence electrons. The number of carboxylic acids is 1. The Kier molecular flexibility index (Phi) is 3.46. The third-order valence-corrected chi connectivity index (χ3v) is 2.83. The van der Waals surface area contributed by atoms with Crippen molar-refractivity contribution in [1.82, 2.24) is 5.16 Å². The average molecular weight is 352 g/mol. The molecule has 5 nitrogen and oxygen atoms in total. The van der Waals surface area contributed by atoms with Gasteiger partial charge in [-0.1, -0.05) is 21.1 Å². The zero-order valence-electron chi connectivity index (χ0n) is 9.40. The highest BCUT2D eigenvalue weighted by atomic mass is 79.9. The second kappa shape index (κ2) is 4.82. The maximum absolute atomic E-state index is 12.7. The molecule has 20 heavy (non-hydrogen) atoms. The Morgan fingerprint density at radius 1 is 1.30 bits per heavy atom. The van der Waals surface area contributed by atoms with E-state index >= 15 is 0 Å². The van der Waals surface area contributed by atoms with Gasteiger partial charge >= 0.3 is 12.1 Å². The molecule has 0 saturated heterocycles. The zero-order valence-corrected chi connectivity index (χ0v) is 11.0. The molecule has 0 fully saturated rings. The Morgan fingerprint density at radius 2 is 1.95 bits per heavy atom. The minimum Gasteiger partial charge on any atom is -0.507 e. The minimum atomic E-state index is -4.76. The monoisotopic (exact) mass is 351 g/mol. The molecule has 2 N–H and O–H groups in total. The van der Waals surface area contributed by atoms with Crippen molar-refractivity contribution in [3.63, 3.8) is 0 Å². The summed E-state index contributed by atoms with van der Waals surface area (Å²) in [5.74, 6) is -3.02. The van der Waals surface area contributed by atoms with Crippen LogP contribution in [-0.2, 0) is 6.18 Å². The van der Waals surface area contributed by atoms with E-state index in [1.54, 1.807) is 0 Å². The van der Waals surface area contributed by atoms with Crippen molar-refractivity contribution in [2.75, 3.05) is 0 Å². The van der Waals surface area contributed by atoms with Crippen molar-refractivity contribution in [3.05, 3.63) is 34.0 Å². The van der Waals surface area contributed by atoms with Crippen LogP contribution in [0, 0.1) is 0 Å². The number of carbonyl (C=O) groups is 1. The predicted octanol–water partition coefficient (Wildman–Crippen LogP) is 3.53. The molecule has 9 heteroatoms. The Labute approximate surface area is 117 Å². The lowest BCUT2D eigenvalue weighted by Gasteiger charge is -2.12. The quantitative estimate of drug-likeness (QED) is 0.864. The summed E-state index contributed by atoms with van der Waals surface area (Å²) in [4.78, 5) is 10.6. The molecule has 0 aliphatic heterocycles. The Hall–Kier alpha value is -2.03. The Morgan fingerprint density at radius 3 is 2.45 bits per heavy atom. The Balaban J connectivity index is 2.62. The van der Waals surface area contributed by atoms with Crippen LogP contribution in [0.1, 0.15) is 16.1 Å². The van der Waals surface area contributed by atoms with Crippen LogP contribution in [0.2, 0.25) is 0 Å². The van der Waals surface area contributed by atoms with Gasteiger partial charge < -0.3 is 14.7 Å². The van der Waals surface area contributed by atoms with Gasteiger partial charge in [-0.2, -0.15) is 13.2 Å². The van der Waals surface area contributed by atoms with Crippen LogP contribution in [0.3, 0.4) is 0 Å². The number of aromatic carboxylic acids is 1. The maximum Gasteiger partial charge on any atom is 0.420 e. The van der Waals surface area contributed by atoms with E-state index in [-0.39, 0.29) is 15.7 Å². The zero-order chi connectivity index (χ0) is 15.1. The predicted molar refractivity (Wildman–Crippen MR) is 63.3 cm³/mol. The van der Waals surface area contributed by atoms with Crippen molar-refractivity contribution in [1.29, 1.82) is 0 Å². The molecule has 0 unspecified atom stereocenters. The first-order chi connectivity index (χ1) is 9.20. The van der Waals surface area contributed by atoms with Gasteiger partial charge in [-0.25, -0.2) is 4.79 Å². The number of halogens is 4. The molecule has 0 spiro atoms. The van der Waals surface area contributed by atoms with Crippen LogP contribution < -0.4 is 0 Å². The summed E-state index contributed by atoms with van der Waals surface area (Å²) in [6.07, 6.45) is -4.76. The van der Waals surface area contributed by atoms with Gasteiger partial charge in [0.25, 0.3) is 0 Å². The number of phenolic OH excluding ortho intramolecular Hbond substituents is 1. The fourth-order valence-electron chi connectivity index (χ4n) is 1.51. The molecule has 1 aromatic heterocycles. The van der Waals surface area contributed by atoms with Gasteiger partial charge in [-0.3, -0.25) is 0 Å². The van der Waals surface area contributed by atoms with Gasteiger partial charge in [0, 0.05) is 16.1 Å². The largest absolute Gasteiger partial charge is 0.507 e. The molecule has 0 radical (unpaired) electrons. The number of carboxylic acid groups (broad SMARTS) is 1. The number of hydrogen-bond donors (Lipinski definition) is 2. The van der Waals surface area contributed by atoms with Gasteiger partial charge in [0.2, 0.25) is 5.76 Å². The van der Waals surface area contributed by atoms with Gasteiger partial charge in [0.1, 0.15) is 11.4 Å². The smallest absolute Gasteiger partial charge is 0.420 e. The first-order valence-electron chi connectivity index (χ1n) is 5.00. The second-order valence-electron chi connectivity index (χ2n) is 3.73. The number of rotatable bonds is 2. The van der Waals surface area contributed by atoms with Gasteiger partial charge in [-0.15, -0.1) is 0 Å². The van der Waals surface area contributed by atoms with E-state index in [1.165, 1.54) is 6.07 Å². The van der Waals surface area contributed by atoms with E-state index in [1.807, 2.05) is 0 Å². The SMILES string of the molecule is O=C(O)c1cc(-c2cc(Br)cc(C(F)(F)F)c2O)no1. The average Bonchev–Trinajstić information content (AvgIpc) is 2.79. The van der Waals surface area contributed by atoms with E-state index in [9.17, 15) is 23.1 Å².